The molecule has 5 nitrogen and oxygen atoms in total. The summed E-state index contributed by atoms with van der Waals surface area (Å²) in [5, 5.41) is 0.677. The zero-order valence-corrected chi connectivity index (χ0v) is 15.8. The van der Waals surface area contributed by atoms with Gasteiger partial charge in [-0.25, -0.2) is 0 Å². The third kappa shape index (κ3) is 4.66. The zero-order chi connectivity index (χ0) is 17.8. The van der Waals surface area contributed by atoms with Crippen LogP contribution in [0.5, 0.6) is 5.75 Å². The minimum absolute atomic E-state index is 0.0693. The minimum Gasteiger partial charge on any atom is -0.483 e. The average molecular weight is 367 g/mol. The summed E-state index contributed by atoms with van der Waals surface area (Å²) in [7, 11) is 1.74. The molecule has 0 aliphatic carbocycles. The number of amides is 1. The van der Waals surface area contributed by atoms with Crippen molar-refractivity contribution in [3.63, 3.8) is 0 Å². The Labute approximate surface area is 154 Å². The van der Waals surface area contributed by atoms with Crippen LogP contribution in [0.25, 0.3) is 0 Å². The number of benzene rings is 1. The smallest absolute Gasteiger partial charge is 0.260 e. The molecule has 2 atom stereocenters. The van der Waals surface area contributed by atoms with E-state index in [9.17, 15) is 4.79 Å². The molecule has 0 spiro atoms. The molecule has 1 aromatic rings. The second-order valence-electron chi connectivity index (χ2n) is 7.08. The molecule has 3 saturated heterocycles. The van der Waals surface area contributed by atoms with Gasteiger partial charge in [-0.3, -0.25) is 9.69 Å². The van der Waals surface area contributed by atoms with Gasteiger partial charge in [0.15, 0.2) is 6.61 Å². The van der Waals surface area contributed by atoms with E-state index >= 15 is 0 Å². The Hall–Kier alpha value is -1.30. The first-order valence-electron chi connectivity index (χ1n) is 8.96. The molecule has 3 aliphatic rings. The number of ether oxygens (including phenoxy) is 2. The van der Waals surface area contributed by atoms with Gasteiger partial charge in [-0.05, 0) is 49.4 Å². The number of nitrogens with zero attached hydrogens (tertiary/aromatic N) is 2. The summed E-state index contributed by atoms with van der Waals surface area (Å²) in [6.07, 6.45) is 2.37. The fourth-order valence-electron chi connectivity index (χ4n) is 3.87. The zero-order valence-electron chi connectivity index (χ0n) is 15.0. The number of halogens is 1. The predicted octanol–water partition coefficient (Wildman–Crippen LogP) is 2.60. The highest BCUT2D eigenvalue weighted by Gasteiger charge is 2.36. The number of carbonyl (C=O) groups excluding carboxylic acids is 1. The van der Waals surface area contributed by atoms with E-state index in [1.165, 1.54) is 6.42 Å². The monoisotopic (exact) mass is 366 g/mol. The third-order valence-corrected chi connectivity index (χ3v) is 5.49. The molecular formula is C19H27ClN2O3. The lowest BCUT2D eigenvalue weighted by Crippen LogP contribution is -2.46. The summed E-state index contributed by atoms with van der Waals surface area (Å²) < 4.78 is 11.0. The molecule has 0 radical (unpaired) electrons. The van der Waals surface area contributed by atoms with Crippen LogP contribution in [0.3, 0.4) is 0 Å². The number of aryl methyl sites for hydroxylation is 1. The molecule has 0 aromatic heterocycles. The van der Waals surface area contributed by atoms with Gasteiger partial charge >= 0.3 is 0 Å². The van der Waals surface area contributed by atoms with Crippen molar-refractivity contribution < 1.29 is 14.3 Å². The van der Waals surface area contributed by atoms with E-state index in [2.05, 4.69) is 4.90 Å². The van der Waals surface area contributed by atoms with Gasteiger partial charge in [-0.2, -0.15) is 0 Å². The SMILES string of the molecule is COCCN1C[C@H]2CC[C@@H]1CN(C(=O)COc1ccc(Cl)cc1C)C2. The lowest BCUT2D eigenvalue weighted by molar-refractivity contribution is -0.133. The van der Waals surface area contributed by atoms with E-state index in [4.69, 9.17) is 21.1 Å². The fraction of sp³-hybridized carbons (Fsp3) is 0.632. The number of piperidine rings is 1. The summed E-state index contributed by atoms with van der Waals surface area (Å²) in [5.41, 5.74) is 0.946. The normalized spacial score (nSPS) is 23.6. The molecule has 3 heterocycles. The molecular weight excluding hydrogens is 340 g/mol. The summed E-state index contributed by atoms with van der Waals surface area (Å²) in [6, 6.07) is 5.90. The first kappa shape index (κ1) is 18.5. The van der Waals surface area contributed by atoms with Crippen molar-refractivity contribution in [3.8, 4) is 5.75 Å². The molecule has 1 aromatic carbocycles. The van der Waals surface area contributed by atoms with Crippen LogP contribution in [-0.4, -0.2) is 68.3 Å². The van der Waals surface area contributed by atoms with Crippen molar-refractivity contribution >= 4 is 17.5 Å². The van der Waals surface area contributed by atoms with Crippen LogP contribution in [0, 0.1) is 12.8 Å². The van der Waals surface area contributed by atoms with Gasteiger partial charge in [0.25, 0.3) is 5.91 Å². The molecule has 4 rings (SSSR count). The summed E-state index contributed by atoms with van der Waals surface area (Å²) >= 11 is 5.96. The Morgan fingerprint density at radius 2 is 2.12 bits per heavy atom. The molecule has 25 heavy (non-hydrogen) atoms. The maximum atomic E-state index is 12.7. The van der Waals surface area contributed by atoms with Crippen LogP contribution < -0.4 is 4.74 Å². The van der Waals surface area contributed by atoms with E-state index in [-0.39, 0.29) is 12.5 Å². The van der Waals surface area contributed by atoms with Gasteiger partial charge in [0.1, 0.15) is 5.75 Å². The van der Waals surface area contributed by atoms with Gasteiger partial charge in [-0.15, -0.1) is 0 Å². The van der Waals surface area contributed by atoms with Gasteiger partial charge in [0.05, 0.1) is 6.61 Å². The van der Waals surface area contributed by atoms with E-state index in [0.717, 1.165) is 50.5 Å². The van der Waals surface area contributed by atoms with Gasteiger partial charge in [-0.1, -0.05) is 11.6 Å². The first-order chi connectivity index (χ1) is 12.1. The largest absolute Gasteiger partial charge is 0.483 e. The van der Waals surface area contributed by atoms with Crippen LogP contribution in [0.1, 0.15) is 18.4 Å². The van der Waals surface area contributed by atoms with E-state index in [1.54, 1.807) is 13.2 Å². The molecule has 3 fully saturated rings. The Morgan fingerprint density at radius 3 is 2.88 bits per heavy atom. The highest BCUT2D eigenvalue weighted by molar-refractivity contribution is 6.30. The number of methoxy groups -OCH3 is 1. The lowest BCUT2D eigenvalue weighted by atomic mass is 9.95. The minimum atomic E-state index is 0.0693. The van der Waals surface area contributed by atoms with Crippen molar-refractivity contribution in [1.82, 2.24) is 9.80 Å². The van der Waals surface area contributed by atoms with Crippen LogP contribution in [0.15, 0.2) is 18.2 Å². The van der Waals surface area contributed by atoms with Crippen molar-refractivity contribution in [2.75, 3.05) is 46.5 Å². The predicted molar refractivity (Wildman–Crippen MR) is 98.2 cm³/mol. The standard InChI is InChI=1S/C19H27ClN2O3/c1-14-9-16(20)4-6-18(14)25-13-19(23)22-11-15-3-5-17(12-22)21(10-15)7-8-24-2/h4,6,9,15,17H,3,5,7-8,10-13H2,1-2H3/t15-,17-/m1/s1. The fourth-order valence-corrected chi connectivity index (χ4v) is 4.10. The maximum Gasteiger partial charge on any atom is 0.260 e. The maximum absolute atomic E-state index is 12.7. The third-order valence-electron chi connectivity index (χ3n) is 5.25. The lowest BCUT2D eigenvalue weighted by Gasteiger charge is -2.35. The van der Waals surface area contributed by atoms with E-state index in [1.807, 2.05) is 24.0 Å². The van der Waals surface area contributed by atoms with Gasteiger partial charge < -0.3 is 14.4 Å². The average Bonchev–Trinajstić information content (AvgIpc) is 2.91. The number of carbonyl (C=O) groups is 1. The number of fused-ring (bicyclic) bond motifs is 4. The van der Waals surface area contributed by atoms with Gasteiger partial charge in [0, 0.05) is 44.4 Å². The Balaban J connectivity index is 1.57. The van der Waals surface area contributed by atoms with Crippen LogP contribution in [-0.2, 0) is 9.53 Å². The molecule has 6 heteroatoms. The molecule has 3 aliphatic heterocycles. The second kappa shape index (κ2) is 8.39. The van der Waals surface area contributed by atoms with Crippen molar-refractivity contribution in [2.24, 2.45) is 5.92 Å². The van der Waals surface area contributed by atoms with Crippen LogP contribution in [0.2, 0.25) is 5.02 Å². The molecule has 2 bridgehead atoms. The highest BCUT2D eigenvalue weighted by Crippen LogP contribution is 2.28. The molecule has 0 N–H and O–H groups in total. The van der Waals surface area contributed by atoms with E-state index in [0.29, 0.717) is 17.0 Å². The highest BCUT2D eigenvalue weighted by atomic mass is 35.5. The topological polar surface area (TPSA) is 42.0 Å². The van der Waals surface area contributed by atoms with Crippen molar-refractivity contribution in [1.29, 1.82) is 0 Å². The Morgan fingerprint density at radius 1 is 1.28 bits per heavy atom. The molecule has 0 unspecified atom stereocenters. The van der Waals surface area contributed by atoms with Crippen LogP contribution >= 0.6 is 11.6 Å². The number of rotatable bonds is 6. The van der Waals surface area contributed by atoms with Crippen molar-refractivity contribution in [3.05, 3.63) is 28.8 Å². The number of hydrogen-bond donors (Lipinski definition) is 0. The van der Waals surface area contributed by atoms with E-state index < -0.39 is 0 Å². The molecule has 1 amide bonds. The number of hydrogen-bond acceptors (Lipinski definition) is 4. The summed E-state index contributed by atoms with van der Waals surface area (Å²) in [6.45, 7) is 6.40. The first-order valence-corrected chi connectivity index (χ1v) is 9.34. The summed E-state index contributed by atoms with van der Waals surface area (Å²) in [5.74, 6) is 1.34. The quantitative estimate of drug-likeness (QED) is 0.776. The summed E-state index contributed by atoms with van der Waals surface area (Å²) in [4.78, 5) is 17.1. The Bertz CT molecular complexity index is 610. The van der Waals surface area contributed by atoms with Crippen LogP contribution in [0.4, 0.5) is 0 Å². The molecule has 138 valence electrons. The van der Waals surface area contributed by atoms with Gasteiger partial charge in [0.2, 0.25) is 0 Å². The Kier molecular flexibility index (Phi) is 6.20. The second-order valence-corrected chi connectivity index (χ2v) is 7.52. The molecule has 0 saturated carbocycles. The van der Waals surface area contributed by atoms with Crippen molar-refractivity contribution in [2.45, 2.75) is 25.8 Å².